The van der Waals surface area contributed by atoms with Crippen LogP contribution in [0.2, 0.25) is 0 Å². The number of benzene rings is 2. The van der Waals surface area contributed by atoms with Gasteiger partial charge in [0.25, 0.3) is 5.91 Å². The van der Waals surface area contributed by atoms with E-state index in [1.807, 2.05) is 38.1 Å². The molecule has 2 atom stereocenters. The third-order valence-corrected chi connectivity index (χ3v) is 6.78. The summed E-state index contributed by atoms with van der Waals surface area (Å²) in [6.07, 6.45) is -0.347. The fraction of sp³-hybridized carbons (Fsp3) is 0.409. The number of nitrogens with one attached hydrogen (secondary N) is 1. The lowest BCUT2D eigenvalue weighted by Crippen LogP contribution is -2.48. The van der Waals surface area contributed by atoms with Crippen molar-refractivity contribution < 1.29 is 17.9 Å². The maximum atomic E-state index is 13.1. The Morgan fingerprint density at radius 2 is 1.72 bits per heavy atom. The molecule has 1 aliphatic rings. The SMILES string of the molecule is CC(C)c1ccccc1NC(=O)c1cccc(S(=O)(=O)N2C[C@@H](C)O[C@@H](C)C2)c1. The second-order valence-corrected chi connectivity index (χ2v) is 9.74. The average Bonchev–Trinajstić information content (AvgIpc) is 2.67. The van der Waals surface area contributed by atoms with E-state index in [0.717, 1.165) is 11.3 Å². The summed E-state index contributed by atoms with van der Waals surface area (Å²) in [6.45, 7) is 8.42. The standard InChI is InChI=1S/C22H28N2O4S/c1-15(2)20-10-5-6-11-21(20)23-22(25)18-8-7-9-19(12-18)29(26,27)24-13-16(3)28-17(4)14-24/h5-12,15-17H,13-14H2,1-4H3,(H,23,25)/t16-,17+. The van der Waals surface area contributed by atoms with Gasteiger partial charge in [0.15, 0.2) is 0 Å². The third kappa shape index (κ3) is 4.86. The zero-order valence-corrected chi connectivity index (χ0v) is 18.1. The molecule has 1 aliphatic heterocycles. The normalized spacial score (nSPS) is 20.6. The molecule has 0 saturated carbocycles. The van der Waals surface area contributed by atoms with Gasteiger partial charge in [-0.3, -0.25) is 4.79 Å². The molecule has 6 nitrogen and oxygen atoms in total. The number of rotatable bonds is 5. The molecule has 1 fully saturated rings. The van der Waals surface area contributed by atoms with E-state index in [-0.39, 0.29) is 28.9 Å². The molecule has 0 radical (unpaired) electrons. The fourth-order valence-electron chi connectivity index (χ4n) is 3.58. The van der Waals surface area contributed by atoms with Crippen LogP contribution in [0.25, 0.3) is 0 Å². The Morgan fingerprint density at radius 1 is 1.07 bits per heavy atom. The van der Waals surface area contributed by atoms with Gasteiger partial charge in [0.1, 0.15) is 0 Å². The summed E-state index contributed by atoms with van der Waals surface area (Å²) in [5, 5.41) is 2.91. The monoisotopic (exact) mass is 416 g/mol. The molecule has 0 aliphatic carbocycles. The van der Waals surface area contributed by atoms with Gasteiger partial charge in [-0.25, -0.2) is 8.42 Å². The number of ether oxygens (including phenoxy) is 1. The Bertz CT molecular complexity index is 978. The highest BCUT2D eigenvalue weighted by atomic mass is 32.2. The van der Waals surface area contributed by atoms with Crippen molar-refractivity contribution in [2.75, 3.05) is 18.4 Å². The largest absolute Gasteiger partial charge is 0.373 e. The van der Waals surface area contributed by atoms with E-state index in [0.29, 0.717) is 18.7 Å². The summed E-state index contributed by atoms with van der Waals surface area (Å²) in [4.78, 5) is 12.9. The number of carbonyl (C=O) groups excluding carboxylic acids is 1. The van der Waals surface area contributed by atoms with E-state index in [2.05, 4.69) is 19.2 Å². The van der Waals surface area contributed by atoms with E-state index in [1.54, 1.807) is 12.1 Å². The topological polar surface area (TPSA) is 75.7 Å². The zero-order valence-electron chi connectivity index (χ0n) is 17.3. The molecule has 0 aromatic heterocycles. The summed E-state index contributed by atoms with van der Waals surface area (Å²) in [5.41, 5.74) is 2.07. The Labute approximate surface area is 172 Å². The van der Waals surface area contributed by atoms with Crippen LogP contribution in [0.15, 0.2) is 53.4 Å². The number of para-hydroxylation sites is 1. The molecular weight excluding hydrogens is 388 g/mol. The molecule has 0 spiro atoms. The summed E-state index contributed by atoms with van der Waals surface area (Å²) < 4.78 is 33.3. The van der Waals surface area contributed by atoms with E-state index in [1.165, 1.54) is 16.4 Å². The third-order valence-electron chi connectivity index (χ3n) is 4.95. The minimum absolute atomic E-state index is 0.114. The first-order chi connectivity index (χ1) is 13.7. The number of anilines is 1. The number of morpholine rings is 1. The highest BCUT2D eigenvalue weighted by molar-refractivity contribution is 7.89. The van der Waals surface area contributed by atoms with Gasteiger partial charge >= 0.3 is 0 Å². The molecule has 0 bridgehead atoms. The smallest absolute Gasteiger partial charge is 0.255 e. The van der Waals surface area contributed by atoms with Gasteiger partial charge in [-0.2, -0.15) is 4.31 Å². The molecule has 3 rings (SSSR count). The lowest BCUT2D eigenvalue weighted by Gasteiger charge is -2.34. The Balaban J connectivity index is 1.85. The van der Waals surface area contributed by atoms with Gasteiger partial charge < -0.3 is 10.1 Å². The maximum absolute atomic E-state index is 13.1. The first-order valence-corrected chi connectivity index (χ1v) is 11.3. The van der Waals surface area contributed by atoms with Gasteiger partial charge in [0.05, 0.1) is 17.1 Å². The number of hydrogen-bond acceptors (Lipinski definition) is 4. The van der Waals surface area contributed by atoms with Crippen molar-refractivity contribution in [2.24, 2.45) is 0 Å². The van der Waals surface area contributed by atoms with Gasteiger partial charge in [0.2, 0.25) is 10.0 Å². The Hall–Kier alpha value is -2.22. The first kappa shape index (κ1) is 21.5. The van der Waals surface area contributed by atoms with E-state index >= 15 is 0 Å². The first-order valence-electron chi connectivity index (χ1n) is 9.84. The number of hydrogen-bond donors (Lipinski definition) is 1. The minimum atomic E-state index is -3.71. The van der Waals surface area contributed by atoms with Crippen molar-refractivity contribution in [1.29, 1.82) is 0 Å². The number of amides is 1. The second kappa shape index (κ2) is 8.65. The van der Waals surface area contributed by atoms with E-state index in [9.17, 15) is 13.2 Å². The van der Waals surface area contributed by atoms with Crippen LogP contribution in [0.3, 0.4) is 0 Å². The molecule has 1 amide bonds. The average molecular weight is 417 g/mol. The molecule has 1 heterocycles. The summed E-state index contributed by atoms with van der Waals surface area (Å²) >= 11 is 0. The van der Waals surface area contributed by atoms with Crippen molar-refractivity contribution in [1.82, 2.24) is 4.31 Å². The van der Waals surface area contributed by atoms with Gasteiger partial charge in [-0.15, -0.1) is 0 Å². The van der Waals surface area contributed by atoms with Crippen LogP contribution >= 0.6 is 0 Å². The zero-order chi connectivity index (χ0) is 21.2. The van der Waals surface area contributed by atoms with Gasteiger partial charge in [-0.05, 0) is 49.6 Å². The van der Waals surface area contributed by atoms with E-state index in [4.69, 9.17) is 4.74 Å². The molecule has 7 heteroatoms. The van der Waals surface area contributed by atoms with Crippen LogP contribution in [0.5, 0.6) is 0 Å². The molecule has 1 N–H and O–H groups in total. The lowest BCUT2D eigenvalue weighted by atomic mass is 10.0. The summed E-state index contributed by atoms with van der Waals surface area (Å²) in [7, 11) is -3.71. The van der Waals surface area contributed by atoms with Crippen LogP contribution in [-0.2, 0) is 14.8 Å². The minimum Gasteiger partial charge on any atom is -0.373 e. The molecule has 0 unspecified atom stereocenters. The van der Waals surface area contributed by atoms with Gasteiger partial charge in [0, 0.05) is 24.3 Å². The van der Waals surface area contributed by atoms with Crippen LogP contribution in [0.4, 0.5) is 5.69 Å². The molecule has 2 aromatic rings. The lowest BCUT2D eigenvalue weighted by molar-refractivity contribution is -0.0440. The van der Waals surface area contributed by atoms with Gasteiger partial charge in [-0.1, -0.05) is 38.1 Å². The molecular formula is C22H28N2O4S. The highest BCUT2D eigenvalue weighted by Gasteiger charge is 2.32. The maximum Gasteiger partial charge on any atom is 0.255 e. The van der Waals surface area contributed by atoms with Crippen LogP contribution in [0.1, 0.15) is 49.5 Å². The van der Waals surface area contributed by atoms with Crippen molar-refractivity contribution in [3.05, 3.63) is 59.7 Å². The highest BCUT2D eigenvalue weighted by Crippen LogP contribution is 2.25. The predicted molar refractivity (Wildman–Crippen MR) is 114 cm³/mol. The summed E-state index contributed by atoms with van der Waals surface area (Å²) in [5.74, 6) is -0.0811. The van der Waals surface area contributed by atoms with Crippen molar-refractivity contribution in [3.63, 3.8) is 0 Å². The van der Waals surface area contributed by atoms with Crippen molar-refractivity contribution in [2.45, 2.75) is 50.7 Å². The molecule has 1 saturated heterocycles. The van der Waals surface area contributed by atoms with Crippen molar-refractivity contribution in [3.8, 4) is 0 Å². The fourth-order valence-corrected chi connectivity index (χ4v) is 5.22. The summed E-state index contributed by atoms with van der Waals surface area (Å²) in [6, 6.07) is 13.8. The second-order valence-electron chi connectivity index (χ2n) is 7.80. The van der Waals surface area contributed by atoms with E-state index < -0.39 is 10.0 Å². The molecule has 156 valence electrons. The predicted octanol–water partition coefficient (Wildman–Crippen LogP) is 3.86. The van der Waals surface area contributed by atoms with Crippen LogP contribution < -0.4 is 5.32 Å². The van der Waals surface area contributed by atoms with Crippen LogP contribution in [0, 0.1) is 0 Å². The van der Waals surface area contributed by atoms with Crippen LogP contribution in [-0.4, -0.2) is 43.9 Å². The number of sulfonamides is 1. The number of carbonyl (C=O) groups is 1. The van der Waals surface area contributed by atoms with Crippen molar-refractivity contribution >= 4 is 21.6 Å². The Morgan fingerprint density at radius 3 is 2.38 bits per heavy atom. The molecule has 29 heavy (non-hydrogen) atoms. The quantitative estimate of drug-likeness (QED) is 0.803. The molecule has 2 aromatic carbocycles. The Kier molecular flexibility index (Phi) is 6.41. The number of nitrogens with zero attached hydrogens (tertiary/aromatic N) is 1.